The molecule has 0 atom stereocenters. The fourth-order valence-corrected chi connectivity index (χ4v) is 3.13. The summed E-state index contributed by atoms with van der Waals surface area (Å²) in [5.74, 6) is 0.724. The summed E-state index contributed by atoms with van der Waals surface area (Å²) in [5, 5.41) is 9.04. The van der Waals surface area contributed by atoms with Crippen LogP contribution in [0.1, 0.15) is 11.4 Å². The van der Waals surface area contributed by atoms with Gasteiger partial charge in [-0.1, -0.05) is 11.6 Å². The van der Waals surface area contributed by atoms with Gasteiger partial charge in [-0.15, -0.1) is 0 Å². The Morgan fingerprint density at radius 2 is 1.94 bits per heavy atom. The van der Waals surface area contributed by atoms with E-state index >= 15 is 0 Å². The first-order valence-corrected chi connectivity index (χ1v) is 7.52. The highest BCUT2D eigenvalue weighted by molar-refractivity contribution is 7.91. The number of nitrogens with zero attached hydrogens (tertiary/aromatic N) is 4. The second kappa shape index (κ2) is 4.71. The lowest BCUT2D eigenvalue weighted by atomic mass is 10.3. The van der Waals surface area contributed by atoms with Crippen molar-refractivity contribution >= 4 is 27.3 Å². The lowest BCUT2D eigenvalue weighted by Crippen LogP contribution is -2.41. The van der Waals surface area contributed by atoms with Gasteiger partial charge in [-0.3, -0.25) is 0 Å². The summed E-state index contributed by atoms with van der Waals surface area (Å²) in [7, 11) is -2.95. The molecule has 0 aliphatic carbocycles. The molecule has 2 heterocycles. The van der Waals surface area contributed by atoms with Crippen LogP contribution in [0.4, 0.5) is 5.82 Å². The Labute approximate surface area is 110 Å². The Balaban J connectivity index is 2.35. The quantitative estimate of drug-likeness (QED) is 0.701. The lowest BCUT2D eigenvalue weighted by molar-refractivity contribution is 0.586. The van der Waals surface area contributed by atoms with Crippen molar-refractivity contribution in [1.82, 2.24) is 9.97 Å². The van der Waals surface area contributed by atoms with Gasteiger partial charge >= 0.3 is 0 Å². The highest BCUT2D eigenvalue weighted by Crippen LogP contribution is 2.24. The normalized spacial score (nSPS) is 18.4. The van der Waals surface area contributed by atoms with Crippen LogP contribution in [0.25, 0.3) is 0 Å². The van der Waals surface area contributed by atoms with Crippen LogP contribution in [-0.4, -0.2) is 43.0 Å². The van der Waals surface area contributed by atoms with Crippen molar-refractivity contribution in [2.24, 2.45) is 0 Å². The molecule has 2 rings (SSSR count). The molecule has 1 aliphatic heterocycles. The molecule has 0 N–H and O–H groups in total. The molecule has 8 heteroatoms. The summed E-state index contributed by atoms with van der Waals surface area (Å²) in [6.07, 6.45) is 0. The third kappa shape index (κ3) is 2.54. The Kier molecular flexibility index (Phi) is 3.41. The van der Waals surface area contributed by atoms with Gasteiger partial charge in [-0.05, 0) is 6.92 Å². The molecular weight excluding hydrogens is 276 g/mol. The molecule has 96 valence electrons. The van der Waals surface area contributed by atoms with E-state index < -0.39 is 9.84 Å². The van der Waals surface area contributed by atoms with Crippen molar-refractivity contribution in [2.75, 3.05) is 29.5 Å². The van der Waals surface area contributed by atoms with Crippen molar-refractivity contribution < 1.29 is 8.42 Å². The van der Waals surface area contributed by atoms with E-state index in [1.807, 2.05) is 11.0 Å². The molecule has 0 amide bonds. The predicted octanol–water partition coefficient (Wildman–Crippen LogP) is 0.545. The van der Waals surface area contributed by atoms with E-state index in [2.05, 4.69) is 9.97 Å². The number of halogens is 1. The minimum Gasteiger partial charge on any atom is -0.354 e. The number of nitriles is 1. The molecule has 1 fully saturated rings. The molecule has 18 heavy (non-hydrogen) atoms. The van der Waals surface area contributed by atoms with Gasteiger partial charge in [0.2, 0.25) is 5.82 Å². The van der Waals surface area contributed by atoms with Crippen molar-refractivity contribution in [3.8, 4) is 6.07 Å². The number of anilines is 1. The topological polar surface area (TPSA) is 86.9 Å². The van der Waals surface area contributed by atoms with Gasteiger partial charge in [0.05, 0.1) is 11.5 Å². The van der Waals surface area contributed by atoms with Gasteiger partial charge in [0.15, 0.2) is 9.84 Å². The Morgan fingerprint density at radius 3 is 2.50 bits per heavy atom. The molecule has 0 aromatic carbocycles. The fraction of sp³-hybridized carbons (Fsp3) is 0.500. The molecule has 1 aromatic rings. The molecule has 0 bridgehead atoms. The molecule has 6 nitrogen and oxygen atoms in total. The smallest absolute Gasteiger partial charge is 0.235 e. The maximum Gasteiger partial charge on any atom is 0.235 e. The zero-order valence-electron chi connectivity index (χ0n) is 9.72. The number of rotatable bonds is 1. The van der Waals surface area contributed by atoms with Gasteiger partial charge in [0, 0.05) is 18.7 Å². The molecule has 0 spiro atoms. The van der Waals surface area contributed by atoms with Gasteiger partial charge in [0.1, 0.15) is 17.0 Å². The van der Waals surface area contributed by atoms with E-state index in [9.17, 15) is 8.42 Å². The van der Waals surface area contributed by atoms with Crippen molar-refractivity contribution in [3.63, 3.8) is 0 Å². The van der Waals surface area contributed by atoms with Crippen LogP contribution < -0.4 is 4.90 Å². The lowest BCUT2D eigenvalue weighted by Gasteiger charge is -2.28. The first-order chi connectivity index (χ1) is 8.43. The van der Waals surface area contributed by atoms with Gasteiger partial charge < -0.3 is 4.90 Å². The van der Waals surface area contributed by atoms with Crippen molar-refractivity contribution in [1.29, 1.82) is 5.26 Å². The molecule has 0 saturated carbocycles. The molecule has 0 radical (unpaired) electrons. The number of hydrogen-bond donors (Lipinski definition) is 0. The molecule has 1 aromatic heterocycles. The fourth-order valence-electron chi connectivity index (χ4n) is 1.76. The third-order valence-electron chi connectivity index (χ3n) is 2.80. The van der Waals surface area contributed by atoms with E-state index in [0.717, 1.165) is 0 Å². The van der Waals surface area contributed by atoms with Crippen molar-refractivity contribution in [2.45, 2.75) is 6.92 Å². The van der Waals surface area contributed by atoms with Crippen LogP contribution in [0.15, 0.2) is 0 Å². The maximum absolute atomic E-state index is 11.4. The van der Waals surface area contributed by atoms with Crippen LogP contribution in [0, 0.1) is 18.3 Å². The highest BCUT2D eigenvalue weighted by Gasteiger charge is 2.24. The van der Waals surface area contributed by atoms with E-state index in [4.69, 9.17) is 16.9 Å². The first-order valence-electron chi connectivity index (χ1n) is 5.32. The summed E-state index contributed by atoms with van der Waals surface area (Å²) in [6, 6.07) is 1.84. The summed E-state index contributed by atoms with van der Waals surface area (Å²) < 4.78 is 22.7. The minimum atomic E-state index is -2.95. The van der Waals surface area contributed by atoms with Crippen LogP contribution in [0.3, 0.4) is 0 Å². The zero-order valence-corrected chi connectivity index (χ0v) is 11.3. The number of aromatic nitrogens is 2. The number of hydrogen-bond acceptors (Lipinski definition) is 6. The van der Waals surface area contributed by atoms with Crippen LogP contribution in [0.5, 0.6) is 0 Å². The Bertz CT molecular complexity index is 610. The van der Waals surface area contributed by atoms with Crippen molar-refractivity contribution in [3.05, 3.63) is 16.5 Å². The monoisotopic (exact) mass is 286 g/mol. The summed E-state index contributed by atoms with van der Waals surface area (Å²) in [5.41, 5.74) is 0.662. The summed E-state index contributed by atoms with van der Waals surface area (Å²) in [4.78, 5) is 9.75. The second-order valence-electron chi connectivity index (χ2n) is 4.04. The summed E-state index contributed by atoms with van der Waals surface area (Å²) >= 11 is 5.93. The van der Waals surface area contributed by atoms with Crippen LogP contribution in [0.2, 0.25) is 5.15 Å². The average molecular weight is 287 g/mol. The van der Waals surface area contributed by atoms with Gasteiger partial charge in [0.25, 0.3) is 0 Å². The maximum atomic E-state index is 11.4. The van der Waals surface area contributed by atoms with E-state index in [1.54, 1.807) is 6.92 Å². The van der Waals surface area contributed by atoms with E-state index in [-0.39, 0.29) is 22.5 Å². The molecule has 0 unspecified atom stereocenters. The zero-order chi connectivity index (χ0) is 13.3. The SMILES string of the molecule is Cc1c(Cl)nc(C#N)nc1N1CCS(=O)(=O)CC1. The molecule has 1 aliphatic rings. The minimum absolute atomic E-state index is 0.00553. The highest BCUT2D eigenvalue weighted by atomic mass is 35.5. The molecule has 1 saturated heterocycles. The average Bonchev–Trinajstić information content (AvgIpc) is 2.33. The molecular formula is C10H11ClN4O2S. The van der Waals surface area contributed by atoms with Crippen LogP contribution in [-0.2, 0) is 9.84 Å². The Hall–Kier alpha value is -1.39. The van der Waals surface area contributed by atoms with Gasteiger partial charge in [-0.25, -0.2) is 18.4 Å². The second-order valence-corrected chi connectivity index (χ2v) is 6.70. The largest absolute Gasteiger partial charge is 0.354 e. The number of sulfone groups is 1. The van der Waals surface area contributed by atoms with Gasteiger partial charge in [-0.2, -0.15) is 5.26 Å². The first kappa shape index (κ1) is 13.1. The summed E-state index contributed by atoms with van der Waals surface area (Å²) in [6.45, 7) is 2.48. The Morgan fingerprint density at radius 1 is 1.33 bits per heavy atom. The van der Waals surface area contributed by atoms with Crippen LogP contribution >= 0.6 is 11.6 Å². The predicted molar refractivity (Wildman–Crippen MR) is 67.4 cm³/mol. The standard InChI is InChI=1S/C10H11ClN4O2S/c1-7-9(11)13-8(6-12)14-10(7)15-2-4-18(16,17)5-3-15/h2-5H2,1H3. The third-order valence-corrected chi connectivity index (χ3v) is 4.78. The van der Waals surface area contributed by atoms with E-state index in [1.165, 1.54) is 0 Å². The van der Waals surface area contributed by atoms with E-state index in [0.29, 0.717) is 24.5 Å².